The molecule has 0 aliphatic rings. The van der Waals surface area contributed by atoms with Gasteiger partial charge in [-0.25, -0.2) is 4.79 Å². The topological polar surface area (TPSA) is 55.8 Å². The number of ether oxygens (including phenoxy) is 2. The lowest BCUT2D eigenvalue weighted by Gasteiger charge is -2.18. The van der Waals surface area contributed by atoms with E-state index in [1.807, 2.05) is 51.1 Å². The maximum absolute atomic E-state index is 11.6. The summed E-state index contributed by atoms with van der Waals surface area (Å²) in [6.45, 7) is 5.94. The molecule has 1 atom stereocenters. The Kier molecular flexibility index (Phi) is 5.27. The molecule has 4 heteroatoms. The zero-order valence-corrected chi connectivity index (χ0v) is 13.9. The van der Waals surface area contributed by atoms with Crippen LogP contribution in [0.2, 0.25) is 0 Å². The van der Waals surface area contributed by atoms with Crippen molar-refractivity contribution in [3.63, 3.8) is 0 Å². The monoisotopic (exact) mass is 314 g/mol. The van der Waals surface area contributed by atoms with Gasteiger partial charge in [-0.2, -0.15) is 0 Å². The average molecular weight is 314 g/mol. The zero-order valence-electron chi connectivity index (χ0n) is 13.9. The third-order valence-electron chi connectivity index (χ3n) is 3.87. The highest BCUT2D eigenvalue weighted by molar-refractivity contribution is 5.73. The van der Waals surface area contributed by atoms with Crippen molar-refractivity contribution >= 4 is 5.97 Å². The van der Waals surface area contributed by atoms with Crippen LogP contribution in [0.5, 0.6) is 11.5 Å². The molecule has 4 nitrogen and oxygen atoms in total. The number of hydrogen-bond donors (Lipinski definition) is 1. The summed E-state index contributed by atoms with van der Waals surface area (Å²) in [6, 6.07) is 11.3. The molecule has 0 aliphatic heterocycles. The van der Waals surface area contributed by atoms with E-state index in [9.17, 15) is 9.90 Å². The molecule has 0 heterocycles. The first-order valence-electron chi connectivity index (χ1n) is 7.51. The van der Waals surface area contributed by atoms with E-state index < -0.39 is 12.1 Å². The number of carboxylic acids is 1. The minimum Gasteiger partial charge on any atom is -0.496 e. The molecule has 1 N–H and O–H groups in total. The third kappa shape index (κ3) is 4.25. The van der Waals surface area contributed by atoms with Crippen LogP contribution in [0.4, 0.5) is 0 Å². The highest BCUT2D eigenvalue weighted by Gasteiger charge is 2.22. The molecule has 122 valence electrons. The van der Waals surface area contributed by atoms with E-state index in [4.69, 9.17) is 9.47 Å². The number of benzene rings is 2. The lowest BCUT2D eigenvalue weighted by Crippen LogP contribution is -2.29. The van der Waals surface area contributed by atoms with Crippen molar-refractivity contribution in [3.8, 4) is 11.5 Å². The lowest BCUT2D eigenvalue weighted by atomic mass is 10.0. The Bertz CT molecular complexity index is 707. The van der Waals surface area contributed by atoms with Gasteiger partial charge in [0.15, 0.2) is 6.10 Å². The summed E-state index contributed by atoms with van der Waals surface area (Å²) >= 11 is 0. The molecule has 0 aliphatic carbocycles. The Morgan fingerprint density at radius 2 is 1.83 bits per heavy atom. The summed E-state index contributed by atoms with van der Waals surface area (Å²) in [5, 5.41) is 9.49. The molecular weight excluding hydrogens is 292 g/mol. The molecule has 2 rings (SSSR count). The van der Waals surface area contributed by atoms with Crippen molar-refractivity contribution < 1.29 is 19.4 Å². The van der Waals surface area contributed by atoms with Gasteiger partial charge < -0.3 is 14.6 Å². The summed E-state index contributed by atoms with van der Waals surface area (Å²) in [5.74, 6) is 0.240. The molecule has 0 aromatic heterocycles. The molecule has 0 bridgehead atoms. The fourth-order valence-electron chi connectivity index (χ4n) is 2.40. The van der Waals surface area contributed by atoms with Crippen molar-refractivity contribution in [2.45, 2.75) is 33.3 Å². The van der Waals surface area contributed by atoms with Crippen molar-refractivity contribution in [1.29, 1.82) is 0 Å². The van der Waals surface area contributed by atoms with E-state index in [1.54, 1.807) is 13.2 Å². The van der Waals surface area contributed by atoms with Crippen LogP contribution in [0.25, 0.3) is 0 Å². The number of hydrogen-bond acceptors (Lipinski definition) is 3. The van der Waals surface area contributed by atoms with Gasteiger partial charge in [0, 0.05) is 6.42 Å². The number of aryl methyl sites for hydroxylation is 3. The van der Waals surface area contributed by atoms with Crippen LogP contribution in [0.15, 0.2) is 36.4 Å². The Hall–Kier alpha value is -2.49. The predicted molar refractivity (Wildman–Crippen MR) is 89.4 cm³/mol. The van der Waals surface area contributed by atoms with Crippen LogP contribution in [0, 0.1) is 20.8 Å². The second kappa shape index (κ2) is 7.18. The predicted octanol–water partition coefficient (Wildman–Crippen LogP) is 3.70. The molecule has 0 amide bonds. The van der Waals surface area contributed by atoms with Crippen molar-refractivity contribution in [1.82, 2.24) is 0 Å². The summed E-state index contributed by atoms with van der Waals surface area (Å²) in [6.07, 6.45) is -0.722. The SMILES string of the molecule is COc1ccc(C)cc1C[C@@H](Oc1ccc(C)c(C)c1)C(=O)O. The molecule has 2 aromatic rings. The Morgan fingerprint density at radius 1 is 1.09 bits per heavy atom. The quantitative estimate of drug-likeness (QED) is 0.883. The van der Waals surface area contributed by atoms with Gasteiger partial charge >= 0.3 is 5.97 Å². The van der Waals surface area contributed by atoms with Crippen LogP contribution in [0.1, 0.15) is 22.3 Å². The maximum Gasteiger partial charge on any atom is 0.345 e. The summed E-state index contributed by atoms with van der Waals surface area (Å²) in [7, 11) is 1.58. The highest BCUT2D eigenvalue weighted by atomic mass is 16.5. The first-order valence-corrected chi connectivity index (χ1v) is 7.51. The average Bonchev–Trinajstić information content (AvgIpc) is 2.50. The molecule has 0 saturated carbocycles. The van der Waals surface area contributed by atoms with Gasteiger partial charge in [0.25, 0.3) is 0 Å². The van der Waals surface area contributed by atoms with E-state index in [0.717, 1.165) is 22.3 Å². The van der Waals surface area contributed by atoms with Crippen molar-refractivity contribution in [3.05, 3.63) is 58.7 Å². The molecule has 0 saturated heterocycles. The van der Waals surface area contributed by atoms with Gasteiger partial charge in [0.1, 0.15) is 11.5 Å². The van der Waals surface area contributed by atoms with Gasteiger partial charge in [0.2, 0.25) is 0 Å². The number of methoxy groups -OCH3 is 1. The summed E-state index contributed by atoms with van der Waals surface area (Å²) in [4.78, 5) is 11.6. The van der Waals surface area contributed by atoms with Crippen molar-refractivity contribution in [2.24, 2.45) is 0 Å². The van der Waals surface area contributed by atoms with E-state index in [0.29, 0.717) is 11.5 Å². The van der Waals surface area contributed by atoms with E-state index >= 15 is 0 Å². The van der Waals surface area contributed by atoms with Gasteiger partial charge in [-0.1, -0.05) is 23.8 Å². The van der Waals surface area contributed by atoms with E-state index in [2.05, 4.69) is 0 Å². The lowest BCUT2D eigenvalue weighted by molar-refractivity contribution is -0.145. The van der Waals surface area contributed by atoms with E-state index in [1.165, 1.54) is 0 Å². The van der Waals surface area contributed by atoms with Crippen LogP contribution in [-0.4, -0.2) is 24.3 Å². The molecule has 0 radical (unpaired) electrons. The first kappa shape index (κ1) is 16.9. The Balaban J connectivity index is 2.24. The summed E-state index contributed by atoms with van der Waals surface area (Å²) in [5.41, 5.74) is 4.09. The fraction of sp³-hybridized carbons (Fsp3) is 0.316. The van der Waals surface area contributed by atoms with Crippen LogP contribution < -0.4 is 9.47 Å². The maximum atomic E-state index is 11.6. The minimum absolute atomic E-state index is 0.243. The van der Waals surface area contributed by atoms with Gasteiger partial charge in [-0.05, 0) is 55.7 Å². The number of aliphatic carboxylic acids is 1. The summed E-state index contributed by atoms with van der Waals surface area (Å²) < 4.78 is 11.0. The van der Waals surface area contributed by atoms with Gasteiger partial charge in [-0.15, -0.1) is 0 Å². The Morgan fingerprint density at radius 3 is 2.43 bits per heavy atom. The largest absolute Gasteiger partial charge is 0.496 e. The van der Waals surface area contributed by atoms with Crippen LogP contribution in [-0.2, 0) is 11.2 Å². The fourth-order valence-corrected chi connectivity index (χ4v) is 2.40. The van der Waals surface area contributed by atoms with Gasteiger partial charge in [-0.3, -0.25) is 0 Å². The molecular formula is C19H22O4. The minimum atomic E-state index is -0.994. The molecule has 0 spiro atoms. The van der Waals surface area contributed by atoms with Crippen LogP contribution >= 0.6 is 0 Å². The van der Waals surface area contributed by atoms with Crippen molar-refractivity contribution in [2.75, 3.05) is 7.11 Å². The third-order valence-corrected chi connectivity index (χ3v) is 3.87. The second-order valence-electron chi connectivity index (χ2n) is 5.71. The van der Waals surface area contributed by atoms with Gasteiger partial charge in [0.05, 0.1) is 7.11 Å². The number of rotatable bonds is 6. The number of carboxylic acid groups (broad SMARTS) is 1. The number of carbonyl (C=O) groups is 1. The molecule has 23 heavy (non-hydrogen) atoms. The first-order chi connectivity index (χ1) is 10.9. The molecule has 2 aromatic carbocycles. The highest BCUT2D eigenvalue weighted by Crippen LogP contribution is 2.24. The standard InChI is InChI=1S/C19H22O4/c1-12-5-8-17(22-4)15(9-12)11-18(19(20)21)23-16-7-6-13(2)14(3)10-16/h5-10,18H,11H2,1-4H3,(H,20,21)/t18-/m1/s1. The Labute approximate surface area is 136 Å². The zero-order chi connectivity index (χ0) is 17.0. The second-order valence-corrected chi connectivity index (χ2v) is 5.71. The smallest absolute Gasteiger partial charge is 0.345 e. The molecule has 0 fully saturated rings. The normalized spacial score (nSPS) is 11.8. The molecule has 0 unspecified atom stereocenters. The van der Waals surface area contributed by atoms with E-state index in [-0.39, 0.29) is 6.42 Å². The van der Waals surface area contributed by atoms with Crippen LogP contribution in [0.3, 0.4) is 0 Å².